The molecular weight excluding hydrogens is 2070 g/mol. The molecule has 58 nitrogen and oxygen atoms in total. The van der Waals surface area contributed by atoms with E-state index >= 15 is 26.3 Å². The average Bonchev–Trinajstić information content (AvgIpc) is 1.63. The number of pyridine rings is 3. The van der Waals surface area contributed by atoms with Gasteiger partial charge in [-0.05, 0) is 89.0 Å². The van der Waals surface area contributed by atoms with Crippen LogP contribution in [0.4, 0.5) is 61.2 Å². The summed E-state index contributed by atoms with van der Waals surface area (Å²) in [5.41, 5.74) is 33.2. The minimum absolute atomic E-state index is 0.0836. The molecule has 9 aliphatic heterocycles. The van der Waals surface area contributed by atoms with Gasteiger partial charge >= 0.3 is 40.3 Å². The predicted octanol–water partition coefficient (Wildman–Crippen LogP) is -1.07. The second-order valence-electron chi connectivity index (χ2n) is 30.1. The Balaban J connectivity index is 0.000000130. The van der Waals surface area contributed by atoms with Crippen molar-refractivity contribution in [3.05, 3.63) is 80.5 Å². The molecule has 9 fully saturated rings. The maximum atomic E-state index is 16.0. The molecular formula is C59H65F6N31O27P6S6. The highest BCUT2D eigenvalue weighted by atomic mass is 32.5. The number of ether oxygens (including phenoxy) is 6. The number of aromatic nitrogens is 25. The topological polar surface area (TPSA) is 778 Å². The lowest BCUT2D eigenvalue weighted by Gasteiger charge is -2.27. The smallest absolute Gasteiger partial charge is 0.325 e. The van der Waals surface area contributed by atoms with Gasteiger partial charge in [-0.25, -0.2) is 51.3 Å². The van der Waals surface area contributed by atoms with Crippen LogP contribution < -0.4 is 51.1 Å². The Kier molecular flexibility index (Phi) is 26.0. The molecule has 0 saturated carbocycles. The zero-order valence-corrected chi connectivity index (χ0v) is 76.9. The highest BCUT2D eigenvalue weighted by Gasteiger charge is 2.60. The lowest BCUT2D eigenvalue weighted by atomic mass is 10.1. The Labute approximate surface area is 773 Å². The number of nitrogens with one attached hydrogen (secondary N) is 3. The van der Waals surface area contributed by atoms with E-state index in [4.69, 9.17) is 188 Å². The first-order valence-corrected chi connectivity index (χ1v) is 54.1. The summed E-state index contributed by atoms with van der Waals surface area (Å²) in [4.78, 5) is 142. The molecule has 12 aromatic heterocycles. The van der Waals surface area contributed by atoms with Gasteiger partial charge in [0, 0.05) is 18.6 Å². The van der Waals surface area contributed by atoms with Crippen LogP contribution in [0.5, 0.6) is 0 Å². The molecule has 30 atom stereocenters. The highest BCUT2D eigenvalue weighted by molar-refractivity contribution is 8.08. The summed E-state index contributed by atoms with van der Waals surface area (Å²) in [5.74, 6) is -0.886. The minimum Gasteiger partial charge on any atom is -0.397 e. The van der Waals surface area contributed by atoms with Crippen LogP contribution in [-0.2, 0) is 154 Å². The quantitative estimate of drug-likeness (QED) is 0.0696. The number of nitrogen functional groups attached to an aromatic ring is 6. The summed E-state index contributed by atoms with van der Waals surface area (Å²) in [6.07, 6.45) is -33.7. The van der Waals surface area contributed by atoms with Crippen molar-refractivity contribution in [3.63, 3.8) is 0 Å². The zero-order valence-electron chi connectivity index (χ0n) is 66.7. The number of imidazole rings is 2. The number of fused-ring (bicyclic) bond motifs is 15. The van der Waals surface area contributed by atoms with E-state index in [2.05, 4.69) is 96.1 Å². The Morgan fingerprint density at radius 2 is 0.570 bits per heavy atom. The fourth-order valence-corrected chi connectivity index (χ4v) is 24.0. The molecule has 0 aliphatic carbocycles. The van der Waals surface area contributed by atoms with Crippen molar-refractivity contribution in [3.8, 4) is 0 Å². The van der Waals surface area contributed by atoms with E-state index in [1.165, 1.54) is 58.6 Å². The molecule has 135 heavy (non-hydrogen) atoms. The summed E-state index contributed by atoms with van der Waals surface area (Å²) in [6.45, 7) is -30.3. The van der Waals surface area contributed by atoms with E-state index in [9.17, 15) is 43.7 Å². The SMILES string of the molecule is Nc1nc2c(nnn2[C@@H]2O[C@@H]3COP(O)(=S)O[C@H]4[C@H](F)[C@H](n5cnc6c(N)ccnc65)O[C@@H]4COP(O)(=S)O[C@@H]2[C@@H]3F)c(=O)[nH]1.Nc1nc2c(nnn2[C@@H]2O[C@@H]3COP(O)(=S)O[C@H]4[C@H](F)[C@H](n5cnc6c(N)ccnc65)O[C@@H]4COP(O)(=S)O[C@@H]2[C@@H]3F)c(=O)[nH]1.Nc1nc2c(nnn2[C@@H]2O[C@@H]3COP(O)(=S)O[C@H]4[C@H](F)[C@H](n5nnc6c(N)ccnc65)O[C@@H]4COP(O)(=S)O[C@@H]2[C@H]3F)c(=O)[nH]1. The molecule has 9 aliphatic rings. The minimum atomic E-state index is -4.38. The van der Waals surface area contributed by atoms with E-state index < -0.39 is 244 Å². The van der Waals surface area contributed by atoms with Gasteiger partial charge < -0.3 is 119 Å². The van der Waals surface area contributed by atoms with Crippen LogP contribution in [0.2, 0.25) is 0 Å². The van der Waals surface area contributed by atoms with Crippen LogP contribution in [0.15, 0.2) is 63.8 Å². The van der Waals surface area contributed by atoms with Gasteiger partial charge in [-0.1, -0.05) is 20.9 Å². The largest absolute Gasteiger partial charge is 0.397 e. The number of anilines is 6. The molecule has 726 valence electrons. The van der Waals surface area contributed by atoms with Gasteiger partial charge in [0.2, 0.25) is 17.8 Å². The molecule has 6 unspecified atom stereocenters. The number of nitrogens with zero attached hydrogens (tertiary/aromatic N) is 22. The molecule has 21 rings (SSSR count). The Morgan fingerprint density at radius 3 is 0.889 bits per heavy atom. The number of aromatic amines is 3. The van der Waals surface area contributed by atoms with E-state index in [-0.39, 0.29) is 102 Å². The number of halogens is 6. The fraction of sp³-hybridized carbons (Fsp3) is 0.508. The van der Waals surface area contributed by atoms with Gasteiger partial charge in [-0.3, -0.25) is 65.6 Å². The van der Waals surface area contributed by atoms with Crippen molar-refractivity contribution in [2.45, 2.75) is 148 Å². The van der Waals surface area contributed by atoms with Crippen molar-refractivity contribution >= 4 is 213 Å². The fourth-order valence-electron chi connectivity index (χ4n) is 15.4. The first-order chi connectivity index (χ1) is 63.9. The van der Waals surface area contributed by atoms with E-state index in [1.807, 2.05) is 0 Å². The molecule has 6 bridgehead atoms. The third-order valence-corrected chi connectivity index (χ3v) is 30.8. The van der Waals surface area contributed by atoms with E-state index in [0.29, 0.717) is 0 Å². The van der Waals surface area contributed by atoms with Crippen LogP contribution in [0.1, 0.15) is 37.4 Å². The summed E-state index contributed by atoms with van der Waals surface area (Å²) in [5, 5.41) is 30.5. The Hall–Kier alpha value is -8.05. The normalized spacial score (nSPS) is 37.7. The van der Waals surface area contributed by atoms with Gasteiger partial charge in [0.05, 0.1) is 69.4 Å². The third-order valence-electron chi connectivity index (χ3n) is 21.5. The van der Waals surface area contributed by atoms with Crippen LogP contribution >= 0.6 is 40.3 Å². The van der Waals surface area contributed by atoms with Crippen LogP contribution in [0, 0.1) is 0 Å². The third kappa shape index (κ3) is 18.7. The molecule has 76 heteroatoms. The van der Waals surface area contributed by atoms with Crippen molar-refractivity contribution in [1.82, 2.24) is 124 Å². The van der Waals surface area contributed by atoms with Gasteiger partial charge in [0.25, 0.3) is 16.7 Å². The lowest BCUT2D eigenvalue weighted by Crippen LogP contribution is -2.34. The summed E-state index contributed by atoms with van der Waals surface area (Å²) >= 11 is 30.8. The molecule has 12 aromatic rings. The second-order valence-corrected chi connectivity index (χ2v) is 46.8. The van der Waals surface area contributed by atoms with Crippen molar-refractivity contribution in [2.24, 2.45) is 0 Å². The van der Waals surface area contributed by atoms with Gasteiger partial charge in [-0.2, -0.15) is 33.7 Å². The monoisotopic (exact) mass is 2130 g/mol. The average molecular weight is 2130 g/mol. The zero-order chi connectivity index (χ0) is 95.5. The second kappa shape index (κ2) is 36.5. The van der Waals surface area contributed by atoms with Gasteiger partial charge in [-0.15, -0.1) is 20.4 Å². The number of hydrogen-bond acceptors (Lipinski definition) is 49. The van der Waals surface area contributed by atoms with Gasteiger partial charge in [0.1, 0.15) is 84.3 Å². The Morgan fingerprint density at radius 1 is 0.319 bits per heavy atom. The number of alkyl halides is 6. The molecule has 0 radical (unpaired) electrons. The lowest BCUT2D eigenvalue weighted by molar-refractivity contribution is -0.0652. The maximum Gasteiger partial charge on any atom is 0.325 e. The van der Waals surface area contributed by atoms with Crippen molar-refractivity contribution in [1.29, 1.82) is 0 Å². The standard InChI is InChI=1S/2C20H22F2N10O9P2S2.C19H21F2N11O9P2S2/c2*21-9-7-3-36-42(34,44)40-13-8(39-18(10(13)22)31-5-26-11-6(23)1-2-25-15(11)31)4-37-43(35,45)41-14(9)19(38-7)32-16-12(29-30-32)17(33)28-20(24)27-16;20-8-6-3-36-42(34,44)40-12-7(39-17(9(12)21)31-14-10(27-29-31)5(22)1-2-24-14)4-37-43(35,45)41-13(8)18(38-6)32-15-11(28-30-32)16(33)26-19(23)25-15/h2*1-2,5,7-10,13-14,18-19H,3-4H2,(H2,23,25)(H,34,44)(H,35,45)(H3,24,27,28,33);1-2,6-9,12-13,17-18H,3-4H2,(H2,22,24)(H,34,44)(H,35,45)(H3,23,25,26,33)/t2*7-,8-,9-,10+,13-,14-,18-,19-,42?,43?;6-,7-,8+,9+,12-,13-,17-,18-,42?,43?/m111/s1. The van der Waals surface area contributed by atoms with E-state index in [1.54, 1.807) is 0 Å². The van der Waals surface area contributed by atoms with Crippen molar-refractivity contribution in [2.75, 3.05) is 74.0 Å². The number of H-pyrrole nitrogens is 3. The maximum absolute atomic E-state index is 16.0. The first-order valence-electron chi connectivity index (χ1n) is 38.6. The van der Waals surface area contributed by atoms with Gasteiger partial charge in [0.15, 0.2) is 130 Å². The van der Waals surface area contributed by atoms with Crippen LogP contribution in [0.3, 0.4) is 0 Å². The molecule has 21 N–H and O–H groups in total. The number of rotatable bonds is 6. The van der Waals surface area contributed by atoms with Crippen LogP contribution in [-0.4, -0.2) is 303 Å². The highest BCUT2D eigenvalue weighted by Crippen LogP contribution is 2.60. The molecule has 0 aromatic carbocycles. The molecule has 0 amide bonds. The summed E-state index contributed by atoms with van der Waals surface area (Å²) in [6, 6.07) is 4.51. The first kappa shape index (κ1) is 95.9. The molecule has 21 heterocycles. The molecule has 0 spiro atoms. The number of hydrogen-bond donors (Lipinski definition) is 15. The number of nitrogens with two attached hydrogens (primary N) is 6. The van der Waals surface area contributed by atoms with Crippen LogP contribution in [0.25, 0.3) is 67.0 Å². The predicted molar refractivity (Wildman–Crippen MR) is 461 cm³/mol. The molecule has 9 saturated heterocycles. The summed E-state index contributed by atoms with van der Waals surface area (Å²) < 4.78 is 202. The Bertz CT molecular complexity index is 6510. The van der Waals surface area contributed by atoms with E-state index in [0.717, 1.165) is 18.7 Å². The van der Waals surface area contributed by atoms with Crippen molar-refractivity contribution < 1.29 is 138 Å². The summed E-state index contributed by atoms with van der Waals surface area (Å²) in [7, 11) is 0.